The highest BCUT2D eigenvalue weighted by molar-refractivity contribution is 5.77. The molecule has 2 aliphatic heterocycles. The fraction of sp³-hybridized carbons (Fsp3) is 0.933. The van der Waals surface area contributed by atoms with Gasteiger partial charge in [-0.1, -0.05) is 0 Å². The normalized spacial score (nSPS) is 30.9. The van der Waals surface area contributed by atoms with E-state index >= 15 is 0 Å². The molecular formula is C15H29N3O2. The number of unbranched alkanes of at least 4 members (excludes halogenated alkanes) is 1. The van der Waals surface area contributed by atoms with Crippen LogP contribution in [0, 0.1) is 0 Å². The first-order chi connectivity index (χ1) is 9.40. The molecule has 5 nitrogen and oxygen atoms in total. The third kappa shape index (κ3) is 3.71. The van der Waals surface area contributed by atoms with Crippen molar-refractivity contribution in [2.75, 3.05) is 26.2 Å². The lowest BCUT2D eigenvalue weighted by molar-refractivity contribution is -0.142. The first-order valence-corrected chi connectivity index (χ1v) is 7.90. The Morgan fingerprint density at radius 2 is 2.15 bits per heavy atom. The molecule has 2 saturated heterocycles. The maximum Gasteiger partial charge on any atom is 0.323 e. The zero-order chi connectivity index (χ0) is 14.8. The third-order valence-corrected chi connectivity index (χ3v) is 4.95. The van der Waals surface area contributed by atoms with E-state index in [9.17, 15) is 4.79 Å². The molecule has 3 unspecified atom stereocenters. The van der Waals surface area contributed by atoms with Gasteiger partial charge in [-0.2, -0.15) is 0 Å². The summed E-state index contributed by atoms with van der Waals surface area (Å²) in [5, 5.41) is 8.99. The summed E-state index contributed by atoms with van der Waals surface area (Å²) in [4.78, 5) is 16.2. The van der Waals surface area contributed by atoms with Gasteiger partial charge in [-0.15, -0.1) is 0 Å². The quantitative estimate of drug-likeness (QED) is 0.715. The van der Waals surface area contributed by atoms with Gasteiger partial charge >= 0.3 is 5.97 Å². The molecule has 2 aliphatic rings. The van der Waals surface area contributed by atoms with E-state index in [1.807, 2.05) is 0 Å². The van der Waals surface area contributed by atoms with E-state index in [4.69, 9.17) is 10.8 Å². The van der Waals surface area contributed by atoms with E-state index in [0.29, 0.717) is 12.5 Å². The van der Waals surface area contributed by atoms with Crippen molar-refractivity contribution in [2.24, 2.45) is 5.73 Å². The standard InChI is InChI=1S/C15H29N3O2/c1-12-10-18-9-5-6-13(18)11-17(12)8-4-3-7-15(2,16)14(19)20/h12-13H,3-11,16H2,1-2H3,(H,19,20). The maximum atomic E-state index is 11.0. The molecule has 0 amide bonds. The Morgan fingerprint density at radius 1 is 1.40 bits per heavy atom. The molecular weight excluding hydrogens is 254 g/mol. The molecule has 2 fully saturated rings. The summed E-state index contributed by atoms with van der Waals surface area (Å²) in [5.74, 6) is -0.898. The Bertz CT molecular complexity index is 346. The number of carboxylic acids is 1. The Balaban J connectivity index is 1.70. The second-order valence-corrected chi connectivity index (χ2v) is 6.81. The van der Waals surface area contributed by atoms with Crippen LogP contribution in [0.15, 0.2) is 0 Å². The smallest absolute Gasteiger partial charge is 0.323 e. The van der Waals surface area contributed by atoms with E-state index in [2.05, 4.69) is 16.7 Å². The number of hydrogen-bond acceptors (Lipinski definition) is 4. The van der Waals surface area contributed by atoms with Crippen LogP contribution in [-0.2, 0) is 4.79 Å². The zero-order valence-corrected chi connectivity index (χ0v) is 12.8. The van der Waals surface area contributed by atoms with Gasteiger partial charge in [-0.25, -0.2) is 0 Å². The molecule has 20 heavy (non-hydrogen) atoms. The van der Waals surface area contributed by atoms with Crippen molar-refractivity contribution >= 4 is 5.97 Å². The van der Waals surface area contributed by atoms with Gasteiger partial charge in [-0.3, -0.25) is 14.6 Å². The second kappa shape index (κ2) is 6.41. The van der Waals surface area contributed by atoms with E-state index in [1.54, 1.807) is 6.92 Å². The highest BCUT2D eigenvalue weighted by Gasteiger charge is 2.34. The van der Waals surface area contributed by atoms with Gasteiger partial charge in [0.1, 0.15) is 5.54 Å². The number of rotatable bonds is 6. The highest BCUT2D eigenvalue weighted by Crippen LogP contribution is 2.24. The van der Waals surface area contributed by atoms with Crippen molar-refractivity contribution in [1.82, 2.24) is 9.80 Å². The number of nitrogens with two attached hydrogens (primary N) is 1. The lowest BCUT2D eigenvalue weighted by Gasteiger charge is -2.42. The van der Waals surface area contributed by atoms with Crippen LogP contribution in [0.5, 0.6) is 0 Å². The summed E-state index contributed by atoms with van der Waals surface area (Å²) in [6.45, 7) is 8.62. The molecule has 116 valence electrons. The molecule has 5 heteroatoms. The van der Waals surface area contributed by atoms with Gasteiger partial charge in [0.2, 0.25) is 0 Å². The minimum Gasteiger partial charge on any atom is -0.480 e. The van der Waals surface area contributed by atoms with Gasteiger partial charge in [0.25, 0.3) is 0 Å². The molecule has 0 aromatic heterocycles. The first kappa shape index (κ1) is 15.7. The Morgan fingerprint density at radius 3 is 2.85 bits per heavy atom. The van der Waals surface area contributed by atoms with Crippen molar-refractivity contribution in [2.45, 2.75) is 63.6 Å². The van der Waals surface area contributed by atoms with E-state index in [-0.39, 0.29) is 0 Å². The maximum absolute atomic E-state index is 11.0. The fourth-order valence-electron chi connectivity index (χ4n) is 3.47. The molecule has 2 heterocycles. The molecule has 0 aliphatic carbocycles. The van der Waals surface area contributed by atoms with Crippen molar-refractivity contribution in [3.63, 3.8) is 0 Å². The number of hydrogen-bond donors (Lipinski definition) is 2. The summed E-state index contributed by atoms with van der Waals surface area (Å²) in [7, 11) is 0. The monoisotopic (exact) mass is 283 g/mol. The molecule has 3 atom stereocenters. The molecule has 0 aromatic carbocycles. The van der Waals surface area contributed by atoms with Gasteiger partial charge in [-0.05, 0) is 59.0 Å². The summed E-state index contributed by atoms with van der Waals surface area (Å²) >= 11 is 0. The van der Waals surface area contributed by atoms with Crippen LogP contribution >= 0.6 is 0 Å². The molecule has 0 saturated carbocycles. The fourth-order valence-corrected chi connectivity index (χ4v) is 3.47. The Kier molecular flexibility index (Phi) is 5.04. The summed E-state index contributed by atoms with van der Waals surface area (Å²) in [6, 6.07) is 1.37. The average molecular weight is 283 g/mol. The number of piperazine rings is 1. The largest absolute Gasteiger partial charge is 0.480 e. The van der Waals surface area contributed by atoms with E-state index in [1.165, 1.54) is 32.5 Å². The van der Waals surface area contributed by atoms with Crippen LogP contribution in [-0.4, -0.2) is 64.7 Å². The van der Waals surface area contributed by atoms with E-state index < -0.39 is 11.5 Å². The molecule has 0 bridgehead atoms. The van der Waals surface area contributed by atoms with Crippen LogP contribution in [0.3, 0.4) is 0 Å². The minimum absolute atomic E-state index is 0.556. The van der Waals surface area contributed by atoms with E-state index in [0.717, 1.165) is 25.4 Å². The van der Waals surface area contributed by atoms with Gasteiger partial charge in [0.15, 0.2) is 0 Å². The van der Waals surface area contributed by atoms with Gasteiger partial charge < -0.3 is 10.8 Å². The number of aliphatic carboxylic acids is 1. The van der Waals surface area contributed by atoms with Crippen LogP contribution in [0.25, 0.3) is 0 Å². The molecule has 0 radical (unpaired) electrons. The highest BCUT2D eigenvalue weighted by atomic mass is 16.4. The lowest BCUT2D eigenvalue weighted by Crippen LogP contribution is -2.55. The molecule has 0 aromatic rings. The summed E-state index contributed by atoms with van der Waals surface area (Å²) in [6.07, 6.45) is 5.16. The van der Waals surface area contributed by atoms with Crippen molar-refractivity contribution in [3.8, 4) is 0 Å². The van der Waals surface area contributed by atoms with Gasteiger partial charge in [0.05, 0.1) is 0 Å². The van der Waals surface area contributed by atoms with Crippen LogP contribution in [0.2, 0.25) is 0 Å². The molecule has 0 spiro atoms. The number of fused-ring (bicyclic) bond motifs is 1. The lowest BCUT2D eigenvalue weighted by atomic mass is 9.96. The predicted molar refractivity (Wildman–Crippen MR) is 79.7 cm³/mol. The van der Waals surface area contributed by atoms with Crippen LogP contribution in [0.1, 0.15) is 46.0 Å². The van der Waals surface area contributed by atoms with Crippen LogP contribution < -0.4 is 5.73 Å². The van der Waals surface area contributed by atoms with Crippen molar-refractivity contribution in [3.05, 3.63) is 0 Å². The second-order valence-electron chi connectivity index (χ2n) is 6.81. The third-order valence-electron chi connectivity index (χ3n) is 4.95. The van der Waals surface area contributed by atoms with Gasteiger partial charge in [0, 0.05) is 25.2 Å². The van der Waals surface area contributed by atoms with Crippen molar-refractivity contribution < 1.29 is 9.90 Å². The van der Waals surface area contributed by atoms with Crippen LogP contribution in [0.4, 0.5) is 0 Å². The number of carboxylic acid groups (broad SMARTS) is 1. The average Bonchev–Trinajstić information content (AvgIpc) is 2.81. The Hall–Kier alpha value is -0.650. The SMILES string of the molecule is CC1CN2CCCC2CN1CCCCC(C)(N)C(=O)O. The molecule has 2 rings (SSSR count). The number of carbonyl (C=O) groups is 1. The first-order valence-electron chi connectivity index (χ1n) is 7.90. The summed E-state index contributed by atoms with van der Waals surface area (Å²) in [5.41, 5.74) is 4.68. The van der Waals surface area contributed by atoms with Crippen molar-refractivity contribution in [1.29, 1.82) is 0 Å². The number of nitrogens with zero attached hydrogens (tertiary/aromatic N) is 2. The summed E-state index contributed by atoms with van der Waals surface area (Å²) < 4.78 is 0. The minimum atomic E-state index is -1.07. The topological polar surface area (TPSA) is 69.8 Å². The zero-order valence-electron chi connectivity index (χ0n) is 12.8. The molecule has 3 N–H and O–H groups in total. The predicted octanol–water partition coefficient (Wildman–Crippen LogP) is 1.13. The Labute approximate surface area is 122 Å².